The fourth-order valence-electron chi connectivity index (χ4n) is 4.10. The van der Waals surface area contributed by atoms with E-state index in [1.165, 1.54) is 32.5 Å². The summed E-state index contributed by atoms with van der Waals surface area (Å²) in [6.45, 7) is 11.0. The Hall–Kier alpha value is -4.00. The van der Waals surface area contributed by atoms with Gasteiger partial charge in [0.2, 0.25) is 5.95 Å². The highest BCUT2D eigenvalue weighted by molar-refractivity contribution is 5.68. The largest absolute Gasteiger partial charge is 0.494 e. The number of ether oxygens (including phenoxy) is 3. The second kappa shape index (κ2) is 12.5. The number of carbonyl (C=O) groups is 1. The molecule has 1 N–H and O–H groups in total. The first-order valence-corrected chi connectivity index (χ1v) is 13.0. The highest BCUT2D eigenvalue weighted by Gasteiger charge is 2.25. The molecular formula is C27H35F2N7O4. The van der Waals surface area contributed by atoms with Crippen LogP contribution in [-0.4, -0.2) is 81.1 Å². The Labute approximate surface area is 232 Å². The van der Waals surface area contributed by atoms with Crippen LogP contribution < -0.4 is 14.8 Å². The van der Waals surface area contributed by atoms with E-state index in [1.54, 1.807) is 11.1 Å². The van der Waals surface area contributed by atoms with E-state index in [0.29, 0.717) is 31.3 Å². The van der Waals surface area contributed by atoms with Crippen LogP contribution in [-0.2, 0) is 17.9 Å². The van der Waals surface area contributed by atoms with Crippen molar-refractivity contribution in [3.05, 3.63) is 53.6 Å². The maximum absolute atomic E-state index is 14.5. The number of aromatic nitrogens is 4. The Morgan fingerprint density at radius 3 is 2.40 bits per heavy atom. The highest BCUT2D eigenvalue weighted by atomic mass is 19.1. The van der Waals surface area contributed by atoms with Gasteiger partial charge in [0.05, 0.1) is 43.5 Å². The van der Waals surface area contributed by atoms with Crippen LogP contribution in [0.1, 0.15) is 31.9 Å². The number of halogens is 2. The van der Waals surface area contributed by atoms with Crippen molar-refractivity contribution < 1.29 is 27.8 Å². The molecule has 1 fully saturated rings. The molecule has 0 bridgehead atoms. The van der Waals surface area contributed by atoms with Gasteiger partial charge in [-0.3, -0.25) is 9.58 Å². The SMILES string of the molecule is COc1cc(C)c(F)c(COc2cnc(Nc3cnn(CCN4CCN(C(=O)OC(C)(C)C)CC4)c3)nc2)c1F. The molecule has 1 aliphatic rings. The smallest absolute Gasteiger partial charge is 0.410 e. The van der Waals surface area contributed by atoms with E-state index in [-0.39, 0.29) is 35.3 Å². The predicted molar refractivity (Wildman–Crippen MR) is 144 cm³/mol. The molecule has 3 aromatic rings. The maximum Gasteiger partial charge on any atom is 0.410 e. The van der Waals surface area contributed by atoms with Gasteiger partial charge in [0.25, 0.3) is 0 Å². The number of carbonyl (C=O) groups excluding carboxylic acids is 1. The van der Waals surface area contributed by atoms with Crippen LogP contribution in [0.2, 0.25) is 0 Å². The van der Waals surface area contributed by atoms with Crippen molar-refractivity contribution in [2.45, 2.75) is 46.4 Å². The summed E-state index contributed by atoms with van der Waals surface area (Å²) >= 11 is 0. The third-order valence-electron chi connectivity index (χ3n) is 6.23. The number of methoxy groups -OCH3 is 1. The predicted octanol–water partition coefficient (Wildman–Crippen LogP) is 4.14. The first-order chi connectivity index (χ1) is 19.0. The van der Waals surface area contributed by atoms with E-state index >= 15 is 0 Å². The lowest BCUT2D eigenvalue weighted by Gasteiger charge is -2.35. The summed E-state index contributed by atoms with van der Waals surface area (Å²) in [5.41, 5.74) is 0.240. The molecule has 0 aliphatic carbocycles. The van der Waals surface area contributed by atoms with Gasteiger partial charge in [0, 0.05) is 38.9 Å². The van der Waals surface area contributed by atoms with Crippen LogP contribution >= 0.6 is 0 Å². The summed E-state index contributed by atoms with van der Waals surface area (Å²) in [5.74, 6) is -0.955. The van der Waals surface area contributed by atoms with Crippen LogP contribution in [0.15, 0.2) is 30.9 Å². The molecule has 1 amide bonds. The van der Waals surface area contributed by atoms with Crippen molar-refractivity contribution in [2.24, 2.45) is 0 Å². The van der Waals surface area contributed by atoms with Gasteiger partial charge in [0.15, 0.2) is 17.3 Å². The fraction of sp³-hybridized carbons (Fsp3) is 0.481. The molecule has 40 heavy (non-hydrogen) atoms. The fourth-order valence-corrected chi connectivity index (χ4v) is 4.10. The molecule has 0 saturated carbocycles. The van der Waals surface area contributed by atoms with Gasteiger partial charge in [-0.1, -0.05) is 0 Å². The van der Waals surface area contributed by atoms with Gasteiger partial charge in [-0.15, -0.1) is 0 Å². The Bertz CT molecular complexity index is 1300. The minimum absolute atomic E-state index is 0.0467. The Morgan fingerprint density at radius 2 is 1.75 bits per heavy atom. The van der Waals surface area contributed by atoms with E-state index < -0.39 is 17.2 Å². The second-order valence-electron chi connectivity index (χ2n) is 10.5. The van der Waals surface area contributed by atoms with Gasteiger partial charge in [-0.25, -0.2) is 23.5 Å². The lowest BCUT2D eigenvalue weighted by molar-refractivity contribution is 0.0142. The average molecular weight is 560 g/mol. The van der Waals surface area contributed by atoms with Gasteiger partial charge in [-0.2, -0.15) is 5.10 Å². The molecule has 1 aromatic carbocycles. The molecule has 0 spiro atoms. The molecule has 0 unspecified atom stereocenters. The molecule has 216 valence electrons. The van der Waals surface area contributed by atoms with Crippen molar-refractivity contribution in [3.63, 3.8) is 0 Å². The first kappa shape index (κ1) is 29.0. The normalized spacial score (nSPS) is 14.2. The summed E-state index contributed by atoms with van der Waals surface area (Å²) in [5, 5.41) is 7.45. The molecule has 0 radical (unpaired) electrons. The van der Waals surface area contributed by atoms with Crippen LogP contribution in [0, 0.1) is 18.6 Å². The topological polar surface area (TPSA) is 107 Å². The molecule has 0 atom stereocenters. The van der Waals surface area contributed by atoms with Crippen LogP contribution in [0.4, 0.5) is 25.2 Å². The van der Waals surface area contributed by atoms with E-state index in [2.05, 4.69) is 25.3 Å². The Balaban J connectivity index is 1.23. The van der Waals surface area contributed by atoms with Crippen molar-refractivity contribution in [1.82, 2.24) is 29.5 Å². The van der Waals surface area contributed by atoms with E-state index in [9.17, 15) is 13.6 Å². The summed E-state index contributed by atoms with van der Waals surface area (Å²) in [4.78, 5) is 24.7. The number of benzene rings is 1. The number of rotatable bonds is 9. The number of piperazine rings is 1. The molecule has 11 nitrogen and oxygen atoms in total. The van der Waals surface area contributed by atoms with Crippen molar-refractivity contribution >= 4 is 17.7 Å². The maximum atomic E-state index is 14.5. The first-order valence-electron chi connectivity index (χ1n) is 13.0. The molecule has 3 heterocycles. The molecular weight excluding hydrogens is 524 g/mol. The van der Waals surface area contributed by atoms with Gasteiger partial charge in [-0.05, 0) is 39.3 Å². The van der Waals surface area contributed by atoms with Crippen molar-refractivity contribution in [1.29, 1.82) is 0 Å². The number of anilines is 2. The molecule has 2 aromatic heterocycles. The molecule has 13 heteroatoms. The molecule has 4 rings (SSSR count). The highest BCUT2D eigenvalue weighted by Crippen LogP contribution is 2.27. The van der Waals surface area contributed by atoms with Crippen LogP contribution in [0.25, 0.3) is 0 Å². The number of aryl methyl sites for hydroxylation is 1. The number of nitrogens with one attached hydrogen (secondary N) is 1. The van der Waals surface area contributed by atoms with Crippen molar-refractivity contribution in [3.8, 4) is 11.5 Å². The number of nitrogens with zero attached hydrogens (tertiary/aromatic N) is 6. The van der Waals surface area contributed by atoms with E-state index in [4.69, 9.17) is 14.2 Å². The summed E-state index contributed by atoms with van der Waals surface area (Å²) in [6, 6.07) is 1.30. The van der Waals surface area contributed by atoms with E-state index in [1.807, 2.05) is 31.6 Å². The van der Waals surface area contributed by atoms with Crippen LogP contribution in [0.5, 0.6) is 11.5 Å². The van der Waals surface area contributed by atoms with Gasteiger partial charge < -0.3 is 24.4 Å². The monoisotopic (exact) mass is 559 g/mol. The quantitative estimate of drug-likeness (QED) is 0.414. The van der Waals surface area contributed by atoms with Crippen LogP contribution in [0.3, 0.4) is 0 Å². The third kappa shape index (κ3) is 7.56. The zero-order valence-electron chi connectivity index (χ0n) is 23.4. The van der Waals surface area contributed by atoms with Gasteiger partial charge in [0.1, 0.15) is 18.0 Å². The zero-order chi connectivity index (χ0) is 28.9. The molecule has 1 aliphatic heterocycles. The standard InChI is InChI=1S/C27H35F2N7O4/c1-18-12-22(38-5)24(29)21(23(18)28)17-39-20-14-30-25(31-15-20)33-19-13-32-36(16-19)11-8-34-6-9-35(10-7-34)26(37)40-27(2,3)4/h12-16H,6-11,17H2,1-5H3,(H,30,31,33). The molecule has 1 saturated heterocycles. The number of hydrogen-bond donors (Lipinski definition) is 1. The second-order valence-corrected chi connectivity index (χ2v) is 10.5. The Morgan fingerprint density at radius 1 is 1.05 bits per heavy atom. The van der Waals surface area contributed by atoms with Gasteiger partial charge >= 0.3 is 6.09 Å². The van der Waals surface area contributed by atoms with Crippen molar-refractivity contribution in [2.75, 3.05) is 45.2 Å². The Kier molecular flexibility index (Phi) is 9.03. The lowest BCUT2D eigenvalue weighted by atomic mass is 10.1. The summed E-state index contributed by atoms with van der Waals surface area (Å²) < 4.78 is 46.6. The summed E-state index contributed by atoms with van der Waals surface area (Å²) in [6.07, 6.45) is 6.08. The number of hydrogen-bond acceptors (Lipinski definition) is 9. The minimum atomic E-state index is -0.801. The lowest BCUT2D eigenvalue weighted by Crippen LogP contribution is -2.50. The average Bonchev–Trinajstić information content (AvgIpc) is 3.37. The van der Waals surface area contributed by atoms with E-state index in [0.717, 1.165) is 19.6 Å². The number of amides is 1. The summed E-state index contributed by atoms with van der Waals surface area (Å²) in [7, 11) is 1.32. The minimum Gasteiger partial charge on any atom is -0.494 e. The third-order valence-corrected chi connectivity index (χ3v) is 6.23. The zero-order valence-corrected chi connectivity index (χ0v) is 23.4.